The average Bonchev–Trinajstić information content (AvgIpc) is 2.37. The topological polar surface area (TPSA) is 58.8 Å². The van der Waals surface area contributed by atoms with Gasteiger partial charge in [0.05, 0.1) is 23.1 Å². The lowest BCUT2D eigenvalue weighted by Gasteiger charge is -2.04. The Morgan fingerprint density at radius 2 is 2.17 bits per heavy atom. The Labute approximate surface area is 108 Å². The summed E-state index contributed by atoms with van der Waals surface area (Å²) in [7, 11) is 0. The summed E-state index contributed by atoms with van der Waals surface area (Å²) >= 11 is 5.91. The van der Waals surface area contributed by atoms with E-state index in [-0.39, 0.29) is 17.5 Å². The van der Waals surface area contributed by atoms with Gasteiger partial charge in [-0.05, 0) is 18.2 Å². The van der Waals surface area contributed by atoms with Crippen LogP contribution in [0.2, 0.25) is 5.02 Å². The predicted octanol–water partition coefficient (Wildman–Crippen LogP) is 2.84. The van der Waals surface area contributed by atoms with Gasteiger partial charge in [-0.1, -0.05) is 11.6 Å². The van der Waals surface area contributed by atoms with Gasteiger partial charge in [-0.25, -0.2) is 14.4 Å². The Hall–Kier alpha value is -2.19. The molecule has 0 bridgehead atoms. The fourth-order valence-corrected chi connectivity index (χ4v) is 1.60. The van der Waals surface area contributed by atoms with Crippen LogP contribution >= 0.6 is 11.6 Å². The second kappa shape index (κ2) is 5.43. The summed E-state index contributed by atoms with van der Waals surface area (Å²) in [5.74, 6) is -0.163. The third-order valence-corrected chi connectivity index (χ3v) is 2.43. The highest BCUT2D eigenvalue weighted by Crippen LogP contribution is 2.26. The molecule has 1 aromatic carbocycles. The van der Waals surface area contributed by atoms with Gasteiger partial charge in [-0.3, -0.25) is 0 Å². The monoisotopic (exact) mass is 263 g/mol. The van der Waals surface area contributed by atoms with E-state index in [9.17, 15) is 4.39 Å². The van der Waals surface area contributed by atoms with Crippen molar-refractivity contribution in [1.29, 1.82) is 5.26 Å². The molecule has 0 fully saturated rings. The van der Waals surface area contributed by atoms with E-state index in [0.717, 1.165) is 0 Å². The van der Waals surface area contributed by atoms with Gasteiger partial charge < -0.3 is 4.74 Å². The van der Waals surface area contributed by atoms with Crippen LogP contribution in [0, 0.1) is 17.1 Å². The fourth-order valence-electron chi connectivity index (χ4n) is 1.33. The van der Waals surface area contributed by atoms with Gasteiger partial charge in [0, 0.05) is 5.56 Å². The Morgan fingerprint density at radius 3 is 2.78 bits per heavy atom. The highest BCUT2D eigenvalue weighted by Gasteiger charge is 2.07. The lowest BCUT2D eigenvalue weighted by molar-refractivity contribution is 0.352. The molecule has 1 heterocycles. The van der Waals surface area contributed by atoms with Crippen molar-refractivity contribution in [2.45, 2.75) is 0 Å². The van der Waals surface area contributed by atoms with Crippen LogP contribution in [-0.2, 0) is 0 Å². The van der Waals surface area contributed by atoms with Gasteiger partial charge in [0.25, 0.3) is 0 Å². The molecule has 0 aliphatic heterocycles. The van der Waals surface area contributed by atoms with Crippen molar-refractivity contribution in [3.05, 3.63) is 41.4 Å². The normalized spacial score (nSPS) is 9.83. The lowest BCUT2D eigenvalue weighted by Crippen LogP contribution is -1.97. The van der Waals surface area contributed by atoms with Crippen molar-refractivity contribution in [1.82, 2.24) is 9.97 Å². The summed E-state index contributed by atoms with van der Waals surface area (Å²) in [5.41, 5.74) is 1.08. The SMILES string of the molecule is N#CCOc1cnc(-c2ccc(F)cc2Cl)cn1. The number of nitriles is 1. The average molecular weight is 264 g/mol. The number of benzene rings is 1. The molecule has 0 aliphatic rings. The van der Waals surface area contributed by atoms with Crippen LogP contribution < -0.4 is 4.74 Å². The Morgan fingerprint density at radius 1 is 1.33 bits per heavy atom. The molecule has 0 spiro atoms. The van der Waals surface area contributed by atoms with E-state index in [1.807, 2.05) is 6.07 Å². The first kappa shape index (κ1) is 12.3. The zero-order valence-corrected chi connectivity index (χ0v) is 9.86. The van der Waals surface area contributed by atoms with Crippen molar-refractivity contribution < 1.29 is 9.13 Å². The largest absolute Gasteiger partial charge is 0.461 e. The predicted molar refractivity (Wildman–Crippen MR) is 63.5 cm³/mol. The van der Waals surface area contributed by atoms with E-state index in [1.54, 1.807) is 0 Å². The second-order valence-corrected chi connectivity index (χ2v) is 3.72. The maximum absolute atomic E-state index is 12.9. The number of halogens is 2. The summed E-state index contributed by atoms with van der Waals surface area (Å²) < 4.78 is 17.9. The first-order valence-corrected chi connectivity index (χ1v) is 5.35. The van der Waals surface area contributed by atoms with E-state index in [2.05, 4.69) is 9.97 Å². The highest BCUT2D eigenvalue weighted by atomic mass is 35.5. The number of rotatable bonds is 3. The van der Waals surface area contributed by atoms with Crippen LogP contribution in [0.25, 0.3) is 11.3 Å². The summed E-state index contributed by atoms with van der Waals surface area (Å²) in [6.45, 7) is -0.0919. The molecule has 0 N–H and O–H groups in total. The molecule has 0 atom stereocenters. The van der Waals surface area contributed by atoms with Crippen LogP contribution in [0.3, 0.4) is 0 Å². The molecule has 1 aromatic heterocycles. The quantitative estimate of drug-likeness (QED) is 0.854. The molecule has 0 amide bonds. The van der Waals surface area contributed by atoms with Crippen molar-refractivity contribution in [2.75, 3.05) is 6.61 Å². The molecule has 0 saturated carbocycles. The Balaban J connectivity index is 2.26. The molecule has 18 heavy (non-hydrogen) atoms. The van der Waals surface area contributed by atoms with Gasteiger partial charge in [0.2, 0.25) is 5.88 Å². The minimum Gasteiger partial charge on any atom is -0.461 e. The zero-order chi connectivity index (χ0) is 13.0. The van der Waals surface area contributed by atoms with Gasteiger partial charge >= 0.3 is 0 Å². The first-order chi connectivity index (χ1) is 8.70. The smallest absolute Gasteiger partial charge is 0.233 e. The maximum Gasteiger partial charge on any atom is 0.233 e. The van der Waals surface area contributed by atoms with Crippen LogP contribution in [0.1, 0.15) is 0 Å². The van der Waals surface area contributed by atoms with Crippen LogP contribution in [0.15, 0.2) is 30.6 Å². The zero-order valence-electron chi connectivity index (χ0n) is 9.10. The summed E-state index contributed by atoms with van der Waals surface area (Å²) in [4.78, 5) is 8.06. The van der Waals surface area contributed by atoms with Gasteiger partial charge in [0.15, 0.2) is 6.61 Å². The minimum absolute atomic E-state index is 0.0919. The third kappa shape index (κ3) is 2.73. The highest BCUT2D eigenvalue weighted by molar-refractivity contribution is 6.33. The van der Waals surface area contributed by atoms with Crippen molar-refractivity contribution >= 4 is 11.6 Å². The van der Waals surface area contributed by atoms with Crippen molar-refractivity contribution in [3.63, 3.8) is 0 Å². The molecule has 4 nitrogen and oxygen atoms in total. The molecule has 0 unspecified atom stereocenters. The summed E-state index contributed by atoms with van der Waals surface area (Å²) in [6, 6.07) is 5.85. The van der Waals surface area contributed by atoms with Crippen LogP contribution in [0.4, 0.5) is 4.39 Å². The number of ether oxygens (including phenoxy) is 1. The number of hydrogen-bond donors (Lipinski definition) is 0. The lowest BCUT2D eigenvalue weighted by atomic mass is 10.1. The van der Waals surface area contributed by atoms with E-state index in [0.29, 0.717) is 11.3 Å². The third-order valence-electron chi connectivity index (χ3n) is 2.12. The van der Waals surface area contributed by atoms with Crippen LogP contribution in [-0.4, -0.2) is 16.6 Å². The molecule has 90 valence electrons. The maximum atomic E-state index is 12.9. The minimum atomic E-state index is -0.411. The van der Waals surface area contributed by atoms with E-state index >= 15 is 0 Å². The summed E-state index contributed by atoms with van der Waals surface area (Å²) in [5, 5.41) is 8.61. The molecule has 2 rings (SSSR count). The van der Waals surface area contributed by atoms with Crippen molar-refractivity contribution in [3.8, 4) is 23.2 Å². The van der Waals surface area contributed by atoms with Gasteiger partial charge in [-0.15, -0.1) is 0 Å². The van der Waals surface area contributed by atoms with Gasteiger partial charge in [0.1, 0.15) is 11.9 Å². The van der Waals surface area contributed by atoms with E-state index < -0.39 is 5.82 Å². The summed E-state index contributed by atoms with van der Waals surface area (Å²) in [6.07, 6.45) is 2.83. The molecule has 0 aliphatic carbocycles. The molecule has 0 saturated heterocycles. The second-order valence-electron chi connectivity index (χ2n) is 3.31. The van der Waals surface area contributed by atoms with E-state index in [4.69, 9.17) is 21.6 Å². The first-order valence-electron chi connectivity index (χ1n) is 4.98. The standard InChI is InChI=1S/C12H7ClFN3O/c13-10-5-8(14)1-2-9(10)11-6-17-12(7-16-11)18-4-3-15/h1-2,5-7H,4H2. The van der Waals surface area contributed by atoms with Crippen LogP contribution in [0.5, 0.6) is 5.88 Å². The molecule has 6 heteroatoms. The molecular weight excluding hydrogens is 257 g/mol. The molecular formula is C12H7ClFN3O. The van der Waals surface area contributed by atoms with Gasteiger partial charge in [-0.2, -0.15) is 5.26 Å². The Bertz CT molecular complexity index is 595. The number of hydrogen-bond acceptors (Lipinski definition) is 4. The van der Waals surface area contributed by atoms with Crippen molar-refractivity contribution in [2.24, 2.45) is 0 Å². The number of aromatic nitrogens is 2. The fraction of sp³-hybridized carbons (Fsp3) is 0.0833. The van der Waals surface area contributed by atoms with E-state index in [1.165, 1.54) is 30.6 Å². The Kier molecular flexibility index (Phi) is 3.70. The number of nitrogens with zero attached hydrogens (tertiary/aromatic N) is 3. The molecule has 0 radical (unpaired) electrons. The molecule has 2 aromatic rings.